The third-order valence-electron chi connectivity index (χ3n) is 9.83. The molecule has 1 saturated heterocycles. The molecule has 5 atom stereocenters. The second-order valence-electron chi connectivity index (χ2n) is 11.7. The van der Waals surface area contributed by atoms with Crippen LogP contribution in [-0.2, 0) is 16.6 Å². The SMILES string of the molecule is CCOc1ccccc1N(C(C)=O)[C@H]1CC[C@@]2(O)[C@H]3Cc4ccc(O)c5c4[C@@]2(CCN3CC2CC2)[C@H]1O5.Cl. The molecule has 0 aromatic heterocycles. The molecule has 2 N–H and O–H groups in total. The molecule has 38 heavy (non-hydrogen) atoms. The van der Waals surface area contributed by atoms with E-state index in [0.29, 0.717) is 30.9 Å². The molecule has 1 amide bonds. The number of phenolic OH excluding ortho intramolecular Hbond substituents is 1. The highest BCUT2D eigenvalue weighted by molar-refractivity contribution is 5.94. The zero-order valence-corrected chi connectivity index (χ0v) is 22.9. The first kappa shape index (κ1) is 25.8. The maximum Gasteiger partial charge on any atom is 0.224 e. The lowest BCUT2D eigenvalue weighted by atomic mass is 9.48. The van der Waals surface area contributed by atoms with Gasteiger partial charge in [0, 0.05) is 25.1 Å². The monoisotopic (exact) mass is 540 g/mol. The van der Waals surface area contributed by atoms with Crippen LogP contribution in [0.2, 0.25) is 0 Å². The number of halogens is 1. The number of phenols is 1. The van der Waals surface area contributed by atoms with Crippen LogP contribution in [0.4, 0.5) is 5.69 Å². The highest BCUT2D eigenvalue weighted by Gasteiger charge is 2.73. The average Bonchev–Trinajstić information content (AvgIpc) is 3.62. The minimum atomic E-state index is -0.977. The number of anilines is 1. The summed E-state index contributed by atoms with van der Waals surface area (Å²) in [5, 5.41) is 23.6. The van der Waals surface area contributed by atoms with Gasteiger partial charge in [-0.2, -0.15) is 0 Å². The van der Waals surface area contributed by atoms with Gasteiger partial charge in [-0.3, -0.25) is 9.69 Å². The Labute approximate surface area is 230 Å². The molecule has 3 fully saturated rings. The molecule has 2 bridgehead atoms. The fraction of sp³-hybridized carbons (Fsp3) is 0.567. The smallest absolute Gasteiger partial charge is 0.224 e. The summed E-state index contributed by atoms with van der Waals surface area (Å²) >= 11 is 0. The predicted molar refractivity (Wildman–Crippen MR) is 147 cm³/mol. The van der Waals surface area contributed by atoms with Crippen LogP contribution in [0.15, 0.2) is 36.4 Å². The number of amides is 1. The van der Waals surface area contributed by atoms with Crippen molar-refractivity contribution in [2.45, 2.75) is 81.6 Å². The first-order valence-corrected chi connectivity index (χ1v) is 13.9. The number of aliphatic hydroxyl groups is 1. The van der Waals surface area contributed by atoms with Gasteiger partial charge in [0.2, 0.25) is 5.91 Å². The van der Waals surface area contributed by atoms with Crippen molar-refractivity contribution in [3.63, 3.8) is 0 Å². The molecule has 3 aliphatic carbocycles. The van der Waals surface area contributed by atoms with E-state index in [1.807, 2.05) is 42.2 Å². The summed E-state index contributed by atoms with van der Waals surface area (Å²) in [6, 6.07) is 11.1. The van der Waals surface area contributed by atoms with E-state index in [0.717, 1.165) is 48.7 Å². The Bertz CT molecular complexity index is 1270. The molecule has 7 rings (SSSR count). The Morgan fingerprint density at radius 1 is 1.18 bits per heavy atom. The quantitative estimate of drug-likeness (QED) is 0.571. The average molecular weight is 541 g/mol. The van der Waals surface area contributed by atoms with Crippen molar-refractivity contribution in [2.75, 3.05) is 24.6 Å². The first-order valence-electron chi connectivity index (χ1n) is 13.9. The van der Waals surface area contributed by atoms with E-state index in [1.165, 1.54) is 12.8 Å². The van der Waals surface area contributed by atoms with Gasteiger partial charge >= 0.3 is 0 Å². The summed E-state index contributed by atoms with van der Waals surface area (Å²) in [6.07, 6.45) is 4.80. The number of para-hydroxylation sites is 2. The van der Waals surface area contributed by atoms with Crippen LogP contribution in [0.1, 0.15) is 57.1 Å². The molecule has 7 nitrogen and oxygen atoms in total. The lowest BCUT2D eigenvalue weighted by Gasteiger charge is -2.64. The van der Waals surface area contributed by atoms with Crippen molar-refractivity contribution < 1.29 is 24.5 Å². The number of aromatic hydroxyl groups is 1. The highest BCUT2D eigenvalue weighted by atomic mass is 35.5. The van der Waals surface area contributed by atoms with Gasteiger partial charge in [0.05, 0.1) is 29.4 Å². The normalized spacial score (nSPS) is 32.6. The largest absolute Gasteiger partial charge is 0.504 e. The predicted octanol–water partition coefficient (Wildman–Crippen LogP) is 4.20. The van der Waals surface area contributed by atoms with E-state index in [9.17, 15) is 15.0 Å². The number of hydrogen-bond donors (Lipinski definition) is 2. The maximum absolute atomic E-state index is 13.3. The zero-order valence-electron chi connectivity index (χ0n) is 22.1. The number of carbonyl (C=O) groups excluding carboxylic acids is 1. The summed E-state index contributed by atoms with van der Waals surface area (Å²) in [6.45, 7) is 5.96. The van der Waals surface area contributed by atoms with E-state index in [4.69, 9.17) is 9.47 Å². The maximum atomic E-state index is 13.3. The van der Waals surface area contributed by atoms with Crippen molar-refractivity contribution in [3.8, 4) is 17.2 Å². The third kappa shape index (κ3) is 3.37. The van der Waals surface area contributed by atoms with E-state index in [-0.39, 0.29) is 36.1 Å². The number of likely N-dealkylation sites (tertiary alicyclic amines) is 1. The third-order valence-corrected chi connectivity index (χ3v) is 9.83. The van der Waals surface area contributed by atoms with E-state index >= 15 is 0 Å². The Kier molecular flexibility index (Phi) is 6.13. The van der Waals surface area contributed by atoms with Crippen LogP contribution >= 0.6 is 12.4 Å². The number of carbonyl (C=O) groups is 1. The number of rotatable bonds is 6. The number of nitrogens with zero attached hydrogens (tertiary/aromatic N) is 2. The van der Waals surface area contributed by atoms with Crippen LogP contribution in [0.3, 0.4) is 0 Å². The van der Waals surface area contributed by atoms with Gasteiger partial charge in [-0.05, 0) is 81.7 Å². The molecular weight excluding hydrogens is 504 g/mol. The topological polar surface area (TPSA) is 82.5 Å². The fourth-order valence-electron chi connectivity index (χ4n) is 8.24. The highest BCUT2D eigenvalue weighted by Crippen LogP contribution is 2.66. The second-order valence-corrected chi connectivity index (χ2v) is 11.7. The molecule has 2 aliphatic heterocycles. The summed E-state index contributed by atoms with van der Waals surface area (Å²) in [4.78, 5) is 17.7. The van der Waals surface area contributed by atoms with Gasteiger partial charge in [0.1, 0.15) is 11.9 Å². The van der Waals surface area contributed by atoms with Gasteiger partial charge < -0.3 is 24.6 Å². The van der Waals surface area contributed by atoms with Crippen molar-refractivity contribution in [1.29, 1.82) is 0 Å². The molecule has 5 aliphatic rings. The molecule has 2 aromatic rings. The Morgan fingerprint density at radius 2 is 1.97 bits per heavy atom. The van der Waals surface area contributed by atoms with Gasteiger partial charge in [-0.15, -0.1) is 12.4 Å². The lowest BCUT2D eigenvalue weighted by molar-refractivity contribution is -0.190. The van der Waals surface area contributed by atoms with Gasteiger partial charge in [-0.1, -0.05) is 18.2 Å². The van der Waals surface area contributed by atoms with Crippen molar-refractivity contribution >= 4 is 24.0 Å². The van der Waals surface area contributed by atoms with Crippen LogP contribution < -0.4 is 14.4 Å². The number of hydrogen-bond acceptors (Lipinski definition) is 6. The van der Waals surface area contributed by atoms with Gasteiger partial charge in [-0.25, -0.2) is 0 Å². The summed E-state index contributed by atoms with van der Waals surface area (Å²) in [5.74, 6) is 1.94. The summed E-state index contributed by atoms with van der Waals surface area (Å²) in [7, 11) is 0. The van der Waals surface area contributed by atoms with Crippen LogP contribution in [0.5, 0.6) is 17.2 Å². The minimum Gasteiger partial charge on any atom is -0.504 e. The number of piperidine rings is 1. The van der Waals surface area contributed by atoms with E-state index < -0.39 is 17.1 Å². The standard InChI is InChI=1S/C30H36N2O5.ClH/c1-3-36-24-7-5-4-6-21(24)32(18(2)33)22-12-13-30(35)25-16-20-10-11-23(34)27-26(20)29(30,28(22)37-27)14-15-31(25)17-19-8-9-19;/h4-7,10-11,19,22,25,28,34-35H,3,8-9,12-17H2,1-2H3;1H/t22-,25+,28-,29-,30+;/m0./s1. The van der Waals surface area contributed by atoms with Crippen LogP contribution in [0.25, 0.3) is 0 Å². The number of ether oxygens (including phenoxy) is 2. The minimum absolute atomic E-state index is 0. The summed E-state index contributed by atoms with van der Waals surface area (Å²) < 4.78 is 12.6. The van der Waals surface area contributed by atoms with E-state index in [2.05, 4.69) is 4.90 Å². The molecule has 8 heteroatoms. The van der Waals surface area contributed by atoms with Crippen molar-refractivity contribution in [3.05, 3.63) is 47.5 Å². The summed E-state index contributed by atoms with van der Waals surface area (Å²) in [5.41, 5.74) is 1.22. The fourth-order valence-corrected chi connectivity index (χ4v) is 8.24. The molecule has 1 spiro atoms. The molecule has 204 valence electrons. The molecule has 0 unspecified atom stereocenters. The zero-order chi connectivity index (χ0) is 25.5. The van der Waals surface area contributed by atoms with Gasteiger partial charge in [0.15, 0.2) is 11.5 Å². The molecule has 2 saturated carbocycles. The molecule has 2 heterocycles. The van der Waals surface area contributed by atoms with Gasteiger partial charge in [0.25, 0.3) is 0 Å². The first-order chi connectivity index (χ1) is 17.9. The van der Waals surface area contributed by atoms with Crippen molar-refractivity contribution in [1.82, 2.24) is 4.90 Å². The Hall–Kier alpha value is -2.48. The van der Waals surface area contributed by atoms with Crippen LogP contribution in [-0.4, -0.2) is 64.5 Å². The molecule has 0 radical (unpaired) electrons. The Balaban J connectivity index is 0.00000264. The van der Waals surface area contributed by atoms with Crippen molar-refractivity contribution in [2.24, 2.45) is 5.92 Å². The number of benzene rings is 2. The molecular formula is C30H37ClN2O5. The van der Waals surface area contributed by atoms with Crippen LogP contribution in [0, 0.1) is 5.92 Å². The van der Waals surface area contributed by atoms with E-state index in [1.54, 1.807) is 13.0 Å². The Morgan fingerprint density at radius 3 is 2.71 bits per heavy atom. The second kappa shape index (κ2) is 9.04. The molecule has 2 aromatic carbocycles. The lowest BCUT2D eigenvalue weighted by Crippen LogP contribution is -2.78.